The average Bonchev–Trinajstić information content (AvgIpc) is 2.92. The van der Waals surface area contributed by atoms with Gasteiger partial charge in [0.05, 0.1) is 6.42 Å². The molecule has 8 heteroatoms. The van der Waals surface area contributed by atoms with E-state index in [0.717, 1.165) is 23.2 Å². The van der Waals surface area contributed by atoms with Gasteiger partial charge in [-0.2, -0.15) is 0 Å². The predicted octanol–water partition coefficient (Wildman–Crippen LogP) is 3.02. The molecule has 0 radical (unpaired) electrons. The highest BCUT2D eigenvalue weighted by molar-refractivity contribution is 8.00. The lowest BCUT2D eigenvalue weighted by Crippen LogP contribution is -2.70. The molecule has 1 unspecified atom stereocenters. The van der Waals surface area contributed by atoms with Gasteiger partial charge in [0, 0.05) is 23.4 Å². The molecule has 1 saturated heterocycles. The van der Waals surface area contributed by atoms with Gasteiger partial charge in [-0.15, -0.1) is 11.8 Å². The summed E-state index contributed by atoms with van der Waals surface area (Å²) in [6, 6.07) is 22.6. The molecule has 0 bridgehead atoms. The number of aliphatic carboxylic acids is 1. The number of pyridine rings is 1. The molecule has 0 saturated carbocycles. The van der Waals surface area contributed by atoms with Crippen molar-refractivity contribution in [1.29, 1.82) is 0 Å². The number of β-lactam (4-membered cyclic amide) rings is 1. The van der Waals surface area contributed by atoms with E-state index in [1.807, 2.05) is 91.3 Å². The standard InChI is InChI=1S/C29H25N3O4S/c33-24(17-21-7-3-1-4-8-21)30-25-27(34)32-26(29(35)36)23(19-37-28(25)32)14-13-20-9-11-22(12-10-20)18-31-15-5-2-6-16-31/h1-16,25,28H,17-19H2,(H-,30,33,35,36)/p+1/b14-13+/t25-,28?/m1/s1. The van der Waals surface area contributed by atoms with E-state index >= 15 is 0 Å². The van der Waals surface area contributed by atoms with Crippen molar-refractivity contribution in [2.24, 2.45) is 0 Å². The van der Waals surface area contributed by atoms with Crippen LogP contribution in [-0.4, -0.2) is 45.0 Å². The summed E-state index contributed by atoms with van der Waals surface area (Å²) < 4.78 is 2.09. The zero-order valence-electron chi connectivity index (χ0n) is 20.0. The van der Waals surface area contributed by atoms with Gasteiger partial charge in [-0.3, -0.25) is 14.5 Å². The molecular weight excluding hydrogens is 486 g/mol. The Balaban J connectivity index is 1.25. The number of nitrogens with one attached hydrogen (secondary N) is 1. The van der Waals surface area contributed by atoms with Gasteiger partial charge in [-0.1, -0.05) is 72.8 Å². The van der Waals surface area contributed by atoms with Gasteiger partial charge in [0.2, 0.25) is 5.91 Å². The molecule has 5 rings (SSSR count). The van der Waals surface area contributed by atoms with Crippen LogP contribution in [-0.2, 0) is 27.3 Å². The van der Waals surface area contributed by atoms with Crippen molar-refractivity contribution in [3.05, 3.63) is 119 Å². The first-order chi connectivity index (χ1) is 18.0. The first kappa shape index (κ1) is 24.5. The summed E-state index contributed by atoms with van der Waals surface area (Å²) in [5.41, 5.74) is 3.50. The first-order valence-electron chi connectivity index (χ1n) is 11.9. The van der Waals surface area contributed by atoms with Crippen molar-refractivity contribution in [3.8, 4) is 0 Å². The lowest BCUT2D eigenvalue weighted by atomic mass is 10.0. The van der Waals surface area contributed by atoms with Crippen LogP contribution in [0.3, 0.4) is 0 Å². The molecular formula is C29H26N3O4S+. The highest BCUT2D eigenvalue weighted by Crippen LogP contribution is 2.40. The van der Waals surface area contributed by atoms with Crippen molar-refractivity contribution in [3.63, 3.8) is 0 Å². The van der Waals surface area contributed by atoms with Gasteiger partial charge in [0.1, 0.15) is 17.1 Å². The number of carbonyl (C=O) groups is 3. The fourth-order valence-electron chi connectivity index (χ4n) is 4.46. The molecule has 0 spiro atoms. The Morgan fingerprint density at radius 1 is 0.973 bits per heavy atom. The number of hydrogen-bond donors (Lipinski definition) is 2. The lowest BCUT2D eigenvalue weighted by Gasteiger charge is -2.49. The van der Waals surface area contributed by atoms with E-state index in [-0.39, 0.29) is 18.0 Å². The van der Waals surface area contributed by atoms with Gasteiger partial charge in [-0.25, -0.2) is 9.36 Å². The fourth-order valence-corrected chi connectivity index (χ4v) is 5.78. The molecule has 37 heavy (non-hydrogen) atoms. The Bertz CT molecular complexity index is 1370. The summed E-state index contributed by atoms with van der Waals surface area (Å²) >= 11 is 1.46. The van der Waals surface area contributed by atoms with Crippen LogP contribution in [0.5, 0.6) is 0 Å². The quantitative estimate of drug-likeness (QED) is 0.358. The third kappa shape index (κ3) is 5.49. The van der Waals surface area contributed by atoms with E-state index in [1.165, 1.54) is 16.7 Å². The van der Waals surface area contributed by atoms with E-state index in [2.05, 4.69) is 9.88 Å². The van der Waals surface area contributed by atoms with Crippen molar-refractivity contribution in [2.45, 2.75) is 24.4 Å². The summed E-state index contributed by atoms with van der Waals surface area (Å²) in [5.74, 6) is -1.38. The molecule has 2 N–H and O–H groups in total. The number of thioether (sulfide) groups is 1. The molecule has 1 aromatic heterocycles. The molecule has 2 amide bonds. The Morgan fingerprint density at radius 2 is 1.68 bits per heavy atom. The number of allylic oxidation sites excluding steroid dienone is 1. The maximum absolute atomic E-state index is 12.9. The van der Waals surface area contributed by atoms with Crippen LogP contribution in [0.1, 0.15) is 16.7 Å². The van der Waals surface area contributed by atoms with Crippen molar-refractivity contribution in [1.82, 2.24) is 10.2 Å². The molecule has 3 aromatic rings. The Labute approximate surface area is 219 Å². The van der Waals surface area contributed by atoms with Crippen molar-refractivity contribution >= 4 is 35.6 Å². The highest BCUT2D eigenvalue weighted by atomic mass is 32.2. The van der Waals surface area contributed by atoms with Crippen LogP contribution in [0, 0.1) is 0 Å². The Morgan fingerprint density at radius 3 is 2.38 bits per heavy atom. The van der Waals surface area contributed by atoms with Crippen LogP contribution >= 0.6 is 11.8 Å². The monoisotopic (exact) mass is 512 g/mol. The second kappa shape index (κ2) is 10.8. The van der Waals surface area contributed by atoms with Gasteiger partial charge in [-0.05, 0) is 16.7 Å². The highest BCUT2D eigenvalue weighted by Gasteiger charge is 2.53. The number of aromatic nitrogens is 1. The summed E-state index contributed by atoms with van der Waals surface area (Å²) in [6.07, 6.45) is 7.82. The number of carboxylic acids is 1. The number of carboxylic acid groups (broad SMARTS) is 1. The van der Waals surface area contributed by atoms with Gasteiger partial charge in [0.25, 0.3) is 5.91 Å². The minimum atomic E-state index is -1.15. The maximum Gasteiger partial charge on any atom is 0.352 e. The first-order valence-corrected chi connectivity index (χ1v) is 13.0. The molecule has 0 aliphatic carbocycles. The average molecular weight is 513 g/mol. The van der Waals surface area contributed by atoms with Crippen LogP contribution in [0.15, 0.2) is 103 Å². The summed E-state index contributed by atoms with van der Waals surface area (Å²) in [6.45, 7) is 0.761. The molecule has 2 aliphatic heterocycles. The molecule has 186 valence electrons. The van der Waals surface area contributed by atoms with E-state index in [0.29, 0.717) is 11.3 Å². The number of benzene rings is 2. The zero-order chi connectivity index (χ0) is 25.8. The Hall–Kier alpha value is -4.17. The SMILES string of the molecule is O=C(Cc1ccccc1)N[C@@H]1C(=O)N2C(C(=O)O)=C(/C=C/c3ccc(C[n+]4ccccc4)cc3)CSC12. The largest absolute Gasteiger partial charge is 0.477 e. The number of fused-ring (bicyclic) bond motifs is 1. The van der Waals surface area contributed by atoms with Crippen LogP contribution < -0.4 is 9.88 Å². The van der Waals surface area contributed by atoms with Gasteiger partial charge >= 0.3 is 5.97 Å². The lowest BCUT2D eigenvalue weighted by molar-refractivity contribution is -0.688. The smallest absolute Gasteiger partial charge is 0.352 e. The minimum absolute atomic E-state index is 0.0179. The van der Waals surface area contributed by atoms with E-state index in [4.69, 9.17) is 0 Å². The van der Waals surface area contributed by atoms with Crippen LogP contribution in [0.2, 0.25) is 0 Å². The van der Waals surface area contributed by atoms with Gasteiger partial charge < -0.3 is 10.4 Å². The fraction of sp³-hybridized carbons (Fsp3) is 0.172. The van der Waals surface area contributed by atoms with E-state index < -0.39 is 23.3 Å². The number of rotatable bonds is 8. The molecule has 7 nitrogen and oxygen atoms in total. The molecule has 1 fully saturated rings. The topological polar surface area (TPSA) is 90.6 Å². The van der Waals surface area contributed by atoms with Crippen LogP contribution in [0.4, 0.5) is 0 Å². The predicted molar refractivity (Wildman–Crippen MR) is 141 cm³/mol. The zero-order valence-corrected chi connectivity index (χ0v) is 20.8. The van der Waals surface area contributed by atoms with Crippen LogP contribution in [0.25, 0.3) is 6.08 Å². The maximum atomic E-state index is 12.9. The number of amides is 2. The van der Waals surface area contributed by atoms with Gasteiger partial charge in [0.15, 0.2) is 18.9 Å². The summed E-state index contributed by atoms with van der Waals surface area (Å²) in [4.78, 5) is 38.8. The summed E-state index contributed by atoms with van der Waals surface area (Å²) in [5, 5.41) is 12.3. The van der Waals surface area contributed by atoms with E-state index in [1.54, 1.807) is 6.08 Å². The minimum Gasteiger partial charge on any atom is -0.477 e. The summed E-state index contributed by atoms with van der Waals surface area (Å²) in [7, 11) is 0. The second-order valence-electron chi connectivity index (χ2n) is 8.92. The number of carbonyl (C=O) groups excluding carboxylic acids is 2. The molecule has 2 aliphatic rings. The van der Waals surface area contributed by atoms with E-state index in [9.17, 15) is 19.5 Å². The number of nitrogens with zero attached hydrogens (tertiary/aromatic N) is 2. The molecule has 2 aromatic carbocycles. The molecule has 2 atom stereocenters. The van der Waals surface area contributed by atoms with Crippen molar-refractivity contribution < 1.29 is 24.1 Å². The third-order valence-electron chi connectivity index (χ3n) is 6.32. The second-order valence-corrected chi connectivity index (χ2v) is 10.0. The van der Waals surface area contributed by atoms with Crippen molar-refractivity contribution in [2.75, 3.05) is 5.75 Å². The molecule has 3 heterocycles. The Kier molecular flexibility index (Phi) is 7.18. The number of hydrogen-bond acceptors (Lipinski definition) is 4. The third-order valence-corrected chi connectivity index (χ3v) is 7.63. The normalized spacial score (nSPS) is 18.9.